The summed E-state index contributed by atoms with van der Waals surface area (Å²) >= 11 is 0. The maximum absolute atomic E-state index is 4.59. The summed E-state index contributed by atoms with van der Waals surface area (Å²) in [5.74, 6) is 0. The smallest absolute Gasteiger partial charge is 0.0730 e. The van der Waals surface area contributed by atoms with Crippen LogP contribution in [0.25, 0.3) is 10.9 Å². The van der Waals surface area contributed by atoms with Crippen molar-refractivity contribution in [2.24, 2.45) is 0 Å². The molecule has 0 bridgehead atoms. The highest BCUT2D eigenvalue weighted by Crippen LogP contribution is 2.27. The molecule has 0 aliphatic rings. The first-order valence-corrected chi connectivity index (χ1v) is 9.90. The van der Waals surface area contributed by atoms with Crippen LogP contribution in [-0.2, 0) is 6.04 Å². The molecule has 0 radical (unpaired) electrons. The van der Waals surface area contributed by atoms with Gasteiger partial charge in [-0.1, -0.05) is 63.2 Å². The maximum Gasteiger partial charge on any atom is 0.0730 e. The lowest BCUT2D eigenvalue weighted by Gasteiger charge is -2.28. The molecule has 2 aromatic rings. The van der Waals surface area contributed by atoms with Crippen LogP contribution in [0, 0.1) is 0 Å². The zero-order chi connectivity index (χ0) is 13.0. The predicted molar refractivity (Wildman–Crippen MR) is 82.6 cm³/mol. The molecule has 0 amide bonds. The Labute approximate surface area is 111 Å². The first-order chi connectivity index (χ1) is 8.74. The van der Waals surface area contributed by atoms with Gasteiger partial charge in [0.1, 0.15) is 0 Å². The van der Waals surface area contributed by atoms with E-state index < -0.39 is 8.07 Å². The van der Waals surface area contributed by atoms with Crippen LogP contribution < -0.4 is 0 Å². The molecule has 0 saturated heterocycles. The molecule has 96 valence electrons. The van der Waals surface area contributed by atoms with E-state index in [0.717, 1.165) is 0 Å². The van der Waals surface area contributed by atoms with Gasteiger partial charge in [0.15, 0.2) is 0 Å². The zero-order valence-electron chi connectivity index (χ0n) is 11.7. The Hall–Kier alpha value is -1.15. The summed E-state index contributed by atoms with van der Waals surface area (Å²) in [5.41, 5.74) is 2.68. The number of aromatic nitrogens is 1. The number of pyridine rings is 1. The number of benzene rings is 1. The Morgan fingerprint density at radius 3 is 2.28 bits per heavy atom. The second kappa shape index (κ2) is 5.66. The van der Waals surface area contributed by atoms with Gasteiger partial charge in [0.25, 0.3) is 0 Å². The Balaban J connectivity index is 2.42. The highest BCUT2D eigenvalue weighted by atomic mass is 28.3. The summed E-state index contributed by atoms with van der Waals surface area (Å²) in [7, 11) is -1.12. The van der Waals surface area contributed by atoms with Crippen molar-refractivity contribution in [3.8, 4) is 0 Å². The second-order valence-electron chi connectivity index (χ2n) is 5.23. The minimum Gasteiger partial charge on any atom is -0.256 e. The summed E-state index contributed by atoms with van der Waals surface area (Å²) in [5, 5.41) is 1.28. The van der Waals surface area contributed by atoms with Crippen LogP contribution in [0.3, 0.4) is 0 Å². The summed E-state index contributed by atoms with van der Waals surface area (Å²) in [4.78, 5) is 4.59. The fourth-order valence-corrected chi connectivity index (χ4v) is 6.18. The standard InChI is InChI=1S/C16H23NSi/c1-4-18(5-2,6-3)13-15-10-7-9-14-11-8-12-17-16(14)15/h7-12H,4-6,13H2,1-3H3. The number of hydrogen-bond donors (Lipinski definition) is 0. The van der Waals surface area contributed by atoms with E-state index in [4.69, 9.17) is 0 Å². The quantitative estimate of drug-likeness (QED) is 0.699. The lowest BCUT2D eigenvalue weighted by atomic mass is 10.1. The van der Waals surface area contributed by atoms with Gasteiger partial charge < -0.3 is 0 Å². The molecule has 18 heavy (non-hydrogen) atoms. The molecule has 0 aliphatic heterocycles. The summed E-state index contributed by atoms with van der Waals surface area (Å²) in [6.45, 7) is 7.12. The molecule has 0 aliphatic carbocycles. The van der Waals surface area contributed by atoms with Crippen LogP contribution in [0.4, 0.5) is 0 Å². The number of fused-ring (bicyclic) bond motifs is 1. The third-order valence-electron chi connectivity index (χ3n) is 4.53. The normalized spacial score (nSPS) is 11.9. The van der Waals surface area contributed by atoms with Gasteiger partial charge in [-0.3, -0.25) is 4.98 Å². The lowest BCUT2D eigenvalue weighted by molar-refractivity contribution is 1.10. The van der Waals surface area contributed by atoms with Crippen LogP contribution in [0.2, 0.25) is 18.1 Å². The third-order valence-corrected chi connectivity index (χ3v) is 10.2. The Morgan fingerprint density at radius 1 is 0.944 bits per heavy atom. The van der Waals surface area contributed by atoms with Crippen molar-refractivity contribution in [2.45, 2.75) is 44.9 Å². The van der Waals surface area contributed by atoms with E-state index in [2.05, 4.69) is 50.0 Å². The molecular weight excluding hydrogens is 234 g/mol. The number of rotatable bonds is 5. The molecule has 1 nitrogen and oxygen atoms in total. The molecule has 0 unspecified atom stereocenters. The molecule has 0 saturated carbocycles. The number of nitrogens with zero attached hydrogens (tertiary/aromatic N) is 1. The van der Waals surface area contributed by atoms with E-state index in [-0.39, 0.29) is 0 Å². The second-order valence-corrected chi connectivity index (χ2v) is 10.7. The molecular formula is C16H23NSi. The van der Waals surface area contributed by atoms with Gasteiger partial charge in [0.05, 0.1) is 13.6 Å². The van der Waals surface area contributed by atoms with E-state index >= 15 is 0 Å². The molecule has 1 aromatic carbocycles. The Kier molecular flexibility index (Phi) is 4.18. The SMILES string of the molecule is CC[Si](CC)(CC)Cc1cccc2cccnc12. The van der Waals surface area contributed by atoms with E-state index in [1.807, 2.05) is 12.3 Å². The van der Waals surface area contributed by atoms with E-state index in [1.54, 1.807) is 0 Å². The Morgan fingerprint density at radius 2 is 1.61 bits per heavy atom. The van der Waals surface area contributed by atoms with Crippen molar-refractivity contribution in [1.29, 1.82) is 0 Å². The molecule has 2 rings (SSSR count). The van der Waals surface area contributed by atoms with Crippen LogP contribution in [0.15, 0.2) is 36.5 Å². The highest BCUT2D eigenvalue weighted by Gasteiger charge is 2.27. The van der Waals surface area contributed by atoms with Crippen LogP contribution in [0.1, 0.15) is 26.3 Å². The van der Waals surface area contributed by atoms with Crippen LogP contribution in [-0.4, -0.2) is 13.1 Å². The maximum atomic E-state index is 4.59. The average molecular weight is 257 g/mol. The summed E-state index contributed by atoms with van der Waals surface area (Å²) < 4.78 is 0. The third kappa shape index (κ3) is 2.48. The largest absolute Gasteiger partial charge is 0.256 e. The average Bonchev–Trinajstić information content (AvgIpc) is 2.45. The first-order valence-electron chi connectivity index (χ1n) is 7.07. The topological polar surface area (TPSA) is 12.9 Å². The van der Waals surface area contributed by atoms with Crippen LogP contribution >= 0.6 is 0 Å². The van der Waals surface area contributed by atoms with Crippen molar-refractivity contribution in [1.82, 2.24) is 4.98 Å². The van der Waals surface area contributed by atoms with E-state index in [0.29, 0.717) is 0 Å². The van der Waals surface area contributed by atoms with E-state index in [9.17, 15) is 0 Å². The summed E-state index contributed by atoms with van der Waals surface area (Å²) in [6.07, 6.45) is 1.92. The summed E-state index contributed by atoms with van der Waals surface area (Å²) in [6, 6.07) is 16.2. The molecule has 2 heteroatoms. The van der Waals surface area contributed by atoms with Crippen molar-refractivity contribution in [2.75, 3.05) is 0 Å². The van der Waals surface area contributed by atoms with Crippen molar-refractivity contribution >= 4 is 19.0 Å². The fraction of sp³-hybridized carbons (Fsp3) is 0.438. The van der Waals surface area contributed by atoms with Crippen molar-refractivity contribution in [3.63, 3.8) is 0 Å². The number of para-hydroxylation sites is 1. The lowest BCUT2D eigenvalue weighted by Crippen LogP contribution is -2.34. The minimum atomic E-state index is -1.12. The van der Waals surface area contributed by atoms with E-state index in [1.165, 1.54) is 40.6 Å². The Bertz CT molecular complexity index is 504. The van der Waals surface area contributed by atoms with Gasteiger partial charge >= 0.3 is 0 Å². The zero-order valence-corrected chi connectivity index (χ0v) is 12.7. The van der Waals surface area contributed by atoms with Gasteiger partial charge in [-0.05, 0) is 17.7 Å². The monoisotopic (exact) mass is 257 g/mol. The van der Waals surface area contributed by atoms with Crippen molar-refractivity contribution in [3.05, 3.63) is 42.1 Å². The molecule has 0 fully saturated rings. The highest BCUT2D eigenvalue weighted by molar-refractivity contribution is 6.79. The van der Waals surface area contributed by atoms with Gasteiger partial charge in [0, 0.05) is 11.6 Å². The molecule has 1 heterocycles. The van der Waals surface area contributed by atoms with Gasteiger partial charge in [-0.25, -0.2) is 0 Å². The predicted octanol–water partition coefficient (Wildman–Crippen LogP) is 4.83. The van der Waals surface area contributed by atoms with Gasteiger partial charge in [-0.15, -0.1) is 0 Å². The number of hydrogen-bond acceptors (Lipinski definition) is 1. The van der Waals surface area contributed by atoms with Crippen molar-refractivity contribution < 1.29 is 0 Å². The van der Waals surface area contributed by atoms with Crippen LogP contribution in [0.5, 0.6) is 0 Å². The molecule has 1 aromatic heterocycles. The molecule has 0 atom stereocenters. The van der Waals surface area contributed by atoms with Gasteiger partial charge in [0.2, 0.25) is 0 Å². The minimum absolute atomic E-state index is 1.12. The fourth-order valence-electron chi connectivity index (χ4n) is 2.84. The van der Waals surface area contributed by atoms with Gasteiger partial charge in [-0.2, -0.15) is 0 Å². The molecule has 0 N–H and O–H groups in total. The first kappa shape index (κ1) is 13.3. The molecule has 0 spiro atoms.